The monoisotopic (exact) mass is 327 g/mol. The Morgan fingerprint density at radius 1 is 1.48 bits per heavy atom. The molecule has 1 aliphatic rings. The molecule has 1 N–H and O–H groups in total. The Hall–Kier alpha value is -0.880. The average molecular weight is 328 g/mol. The van der Waals surface area contributed by atoms with Crippen molar-refractivity contribution >= 4 is 23.7 Å². The van der Waals surface area contributed by atoms with Gasteiger partial charge in [-0.15, -0.1) is 23.7 Å². The zero-order valence-electron chi connectivity index (χ0n) is 12.5. The number of nitrogens with zero attached hydrogens (tertiary/aromatic N) is 2. The summed E-state index contributed by atoms with van der Waals surface area (Å²) in [6, 6.07) is 4.61. The van der Waals surface area contributed by atoms with Crippen molar-refractivity contribution in [2.24, 2.45) is 0 Å². The van der Waals surface area contributed by atoms with Crippen LogP contribution in [0, 0.1) is 6.92 Å². The number of aryl methyl sites for hydroxylation is 1. The maximum absolute atomic E-state index is 5.63. The molecule has 3 rings (SSSR count). The van der Waals surface area contributed by atoms with Crippen molar-refractivity contribution in [1.29, 1.82) is 0 Å². The molecule has 116 valence electrons. The molecule has 1 fully saturated rings. The van der Waals surface area contributed by atoms with Gasteiger partial charge in [-0.2, -0.15) is 0 Å². The predicted octanol–water partition coefficient (Wildman–Crippen LogP) is 3.32. The molecule has 3 heterocycles. The van der Waals surface area contributed by atoms with Gasteiger partial charge < -0.3 is 9.73 Å². The van der Waals surface area contributed by atoms with Gasteiger partial charge in [0, 0.05) is 30.2 Å². The minimum atomic E-state index is 0. The summed E-state index contributed by atoms with van der Waals surface area (Å²) in [6.07, 6.45) is 4.54. The number of piperidine rings is 1. The Kier molecular flexibility index (Phi) is 5.81. The van der Waals surface area contributed by atoms with Crippen LogP contribution in [0.3, 0.4) is 0 Å². The van der Waals surface area contributed by atoms with Gasteiger partial charge in [-0.1, -0.05) is 0 Å². The first-order valence-corrected chi connectivity index (χ1v) is 7.97. The van der Waals surface area contributed by atoms with E-state index in [9.17, 15) is 0 Å². The molecule has 0 aromatic carbocycles. The van der Waals surface area contributed by atoms with Crippen molar-refractivity contribution in [3.63, 3.8) is 0 Å². The van der Waals surface area contributed by atoms with Crippen molar-refractivity contribution in [3.05, 3.63) is 29.0 Å². The van der Waals surface area contributed by atoms with Crippen molar-refractivity contribution < 1.29 is 4.42 Å². The van der Waals surface area contributed by atoms with E-state index >= 15 is 0 Å². The maximum Gasteiger partial charge on any atom is 0.162 e. The number of thiazole rings is 1. The van der Waals surface area contributed by atoms with Crippen LogP contribution >= 0.6 is 23.7 Å². The van der Waals surface area contributed by atoms with Gasteiger partial charge in [0.25, 0.3) is 0 Å². The van der Waals surface area contributed by atoms with Gasteiger partial charge in [-0.3, -0.25) is 4.90 Å². The van der Waals surface area contributed by atoms with E-state index < -0.39 is 0 Å². The van der Waals surface area contributed by atoms with E-state index in [1.54, 1.807) is 11.3 Å². The summed E-state index contributed by atoms with van der Waals surface area (Å²) >= 11 is 1.73. The summed E-state index contributed by atoms with van der Waals surface area (Å²) in [7, 11) is 2.05. The molecule has 4 nitrogen and oxygen atoms in total. The molecular formula is C15H22ClN3OS. The highest BCUT2D eigenvalue weighted by Crippen LogP contribution is 2.28. The van der Waals surface area contributed by atoms with Crippen molar-refractivity contribution in [2.75, 3.05) is 20.1 Å². The second-order valence-electron chi connectivity index (χ2n) is 5.40. The third kappa shape index (κ3) is 4.07. The smallest absolute Gasteiger partial charge is 0.162 e. The van der Waals surface area contributed by atoms with Gasteiger partial charge in [0.15, 0.2) is 10.8 Å². The Balaban J connectivity index is 0.00000161. The lowest BCUT2D eigenvalue weighted by Gasteiger charge is -2.32. The number of furan rings is 1. The molecule has 0 saturated carbocycles. The van der Waals surface area contributed by atoms with E-state index in [0.717, 1.165) is 29.6 Å². The fraction of sp³-hybridized carbons (Fsp3) is 0.533. The van der Waals surface area contributed by atoms with Gasteiger partial charge in [0.2, 0.25) is 0 Å². The number of hydrogen-bond donors (Lipinski definition) is 1. The second-order valence-corrected chi connectivity index (χ2v) is 6.52. The molecule has 0 bridgehead atoms. The number of rotatable bonds is 4. The summed E-state index contributed by atoms with van der Waals surface area (Å²) in [4.78, 5) is 8.31. The Morgan fingerprint density at radius 3 is 3.05 bits per heavy atom. The highest BCUT2D eigenvalue weighted by Gasteiger charge is 2.19. The Bertz CT molecular complexity index is 569. The number of likely N-dealkylation sites (N-methyl/N-ethyl adjacent to an activating group) is 1. The topological polar surface area (TPSA) is 41.3 Å². The van der Waals surface area contributed by atoms with Crippen LogP contribution in [0.5, 0.6) is 0 Å². The van der Waals surface area contributed by atoms with E-state index in [4.69, 9.17) is 4.42 Å². The summed E-state index contributed by atoms with van der Waals surface area (Å²) in [5.41, 5.74) is 0. The van der Waals surface area contributed by atoms with Gasteiger partial charge >= 0.3 is 0 Å². The van der Waals surface area contributed by atoms with Crippen molar-refractivity contribution in [1.82, 2.24) is 15.2 Å². The minimum absolute atomic E-state index is 0. The fourth-order valence-corrected chi connectivity index (χ4v) is 3.62. The van der Waals surface area contributed by atoms with Gasteiger partial charge in [-0.05, 0) is 45.5 Å². The van der Waals surface area contributed by atoms with Crippen molar-refractivity contribution in [2.45, 2.75) is 32.4 Å². The molecule has 1 saturated heterocycles. The van der Waals surface area contributed by atoms with E-state index in [2.05, 4.69) is 22.2 Å². The first-order chi connectivity index (χ1) is 9.74. The van der Waals surface area contributed by atoms with Gasteiger partial charge in [-0.25, -0.2) is 4.98 Å². The molecule has 1 atom stereocenters. The lowest BCUT2D eigenvalue weighted by atomic mass is 10.1. The summed E-state index contributed by atoms with van der Waals surface area (Å²) in [5.74, 6) is 1.81. The standard InChI is InChI=1S/C15H21N3OS.ClH/c1-11-5-6-14(19-11)15-17-8-13(20-15)10-18-7-3-4-12(9-18)16-2;/h5-6,8,12,16H,3-4,7,9-10H2,1-2H3;1H. The summed E-state index contributed by atoms with van der Waals surface area (Å²) < 4.78 is 5.63. The number of halogens is 1. The SMILES string of the molecule is CNC1CCCN(Cc2cnc(-c3ccc(C)o3)s2)C1.Cl. The third-order valence-electron chi connectivity index (χ3n) is 3.80. The number of nitrogens with one attached hydrogen (secondary N) is 1. The summed E-state index contributed by atoms with van der Waals surface area (Å²) in [6.45, 7) is 5.27. The molecule has 2 aromatic heterocycles. The Labute approximate surface area is 136 Å². The molecule has 6 heteroatoms. The summed E-state index contributed by atoms with van der Waals surface area (Å²) in [5, 5.41) is 4.37. The number of likely N-dealkylation sites (tertiary alicyclic amines) is 1. The van der Waals surface area contributed by atoms with Gasteiger partial charge in [0.1, 0.15) is 5.76 Å². The average Bonchev–Trinajstić information content (AvgIpc) is 3.08. The lowest BCUT2D eigenvalue weighted by molar-refractivity contribution is 0.189. The minimum Gasteiger partial charge on any atom is -0.459 e. The van der Waals surface area contributed by atoms with Crippen LogP contribution < -0.4 is 5.32 Å². The van der Waals surface area contributed by atoms with Crippen LogP contribution in [0.2, 0.25) is 0 Å². The highest BCUT2D eigenvalue weighted by molar-refractivity contribution is 7.14. The number of hydrogen-bond acceptors (Lipinski definition) is 5. The van der Waals surface area contributed by atoms with Crippen LogP contribution in [0.15, 0.2) is 22.7 Å². The number of aromatic nitrogens is 1. The molecule has 0 amide bonds. The zero-order chi connectivity index (χ0) is 13.9. The lowest BCUT2D eigenvalue weighted by Crippen LogP contribution is -2.43. The predicted molar refractivity (Wildman–Crippen MR) is 89.2 cm³/mol. The second kappa shape index (κ2) is 7.40. The maximum atomic E-state index is 5.63. The molecular weight excluding hydrogens is 306 g/mol. The van der Waals surface area contributed by atoms with Crippen LogP contribution in [0.4, 0.5) is 0 Å². The largest absolute Gasteiger partial charge is 0.459 e. The normalized spacial score (nSPS) is 19.4. The fourth-order valence-electron chi connectivity index (χ4n) is 2.70. The van der Waals surface area contributed by atoms with E-state index in [1.807, 2.05) is 25.3 Å². The molecule has 21 heavy (non-hydrogen) atoms. The van der Waals surface area contributed by atoms with E-state index in [-0.39, 0.29) is 12.4 Å². The highest BCUT2D eigenvalue weighted by atomic mass is 35.5. The molecule has 1 unspecified atom stereocenters. The first kappa shape index (κ1) is 16.5. The molecule has 1 aliphatic heterocycles. The van der Waals surface area contributed by atoms with Crippen molar-refractivity contribution in [3.8, 4) is 10.8 Å². The molecule has 2 aromatic rings. The zero-order valence-corrected chi connectivity index (χ0v) is 14.1. The molecule has 0 aliphatic carbocycles. The van der Waals surface area contributed by atoms with Crippen LogP contribution in [-0.4, -0.2) is 36.1 Å². The Morgan fingerprint density at radius 2 is 2.33 bits per heavy atom. The third-order valence-corrected chi connectivity index (χ3v) is 4.79. The first-order valence-electron chi connectivity index (χ1n) is 7.16. The van der Waals surface area contributed by atoms with Gasteiger partial charge in [0.05, 0.1) is 0 Å². The van der Waals surface area contributed by atoms with Crippen LogP contribution in [0.1, 0.15) is 23.5 Å². The molecule has 0 radical (unpaired) electrons. The quantitative estimate of drug-likeness (QED) is 0.935. The van der Waals surface area contributed by atoms with Crippen LogP contribution in [-0.2, 0) is 6.54 Å². The van der Waals surface area contributed by atoms with E-state index in [0.29, 0.717) is 6.04 Å². The molecule has 0 spiro atoms. The van der Waals surface area contributed by atoms with E-state index in [1.165, 1.54) is 24.3 Å². The van der Waals surface area contributed by atoms with Crippen LogP contribution in [0.25, 0.3) is 10.8 Å².